The summed E-state index contributed by atoms with van der Waals surface area (Å²) in [6.07, 6.45) is -4.79. The van der Waals surface area contributed by atoms with Crippen LogP contribution in [-0.2, 0) is 40.4 Å². The average Bonchev–Trinajstić information content (AvgIpc) is 2.89. The number of rotatable bonds is 5. The summed E-state index contributed by atoms with van der Waals surface area (Å²) < 4.78 is 81.1. The highest BCUT2D eigenvalue weighted by Crippen LogP contribution is 2.34. The molecule has 0 saturated heterocycles. The molecule has 0 spiro atoms. The van der Waals surface area contributed by atoms with Crippen molar-refractivity contribution in [3.63, 3.8) is 0 Å². The number of benzene rings is 4. The van der Waals surface area contributed by atoms with Gasteiger partial charge in [0.25, 0.3) is 0 Å². The van der Waals surface area contributed by atoms with Crippen molar-refractivity contribution in [2.45, 2.75) is 37.4 Å². The number of hydrogen-bond acceptors (Lipinski definition) is 3. The number of carbonyl (C=O) groups is 1. The molecule has 0 aromatic heterocycles. The Morgan fingerprint density at radius 3 is 2.49 bits per heavy atom. The number of aryl methyl sites for hydroxylation is 1. The third kappa shape index (κ3) is 5.26. The highest BCUT2D eigenvalue weighted by atomic mass is 32.2. The largest absolute Gasteiger partial charge is 0.419 e. The Bertz CT molecular complexity index is 1700. The van der Waals surface area contributed by atoms with Gasteiger partial charge in [0.2, 0.25) is 15.9 Å². The molecule has 4 aromatic carbocycles. The van der Waals surface area contributed by atoms with E-state index in [2.05, 4.69) is 5.32 Å². The molecule has 1 heterocycles. The van der Waals surface area contributed by atoms with Crippen LogP contribution in [0.1, 0.15) is 27.8 Å². The number of nitrogens with one attached hydrogen (secondary N) is 1. The van der Waals surface area contributed by atoms with Crippen molar-refractivity contribution in [1.82, 2.24) is 4.31 Å². The Balaban J connectivity index is 1.37. The zero-order valence-corrected chi connectivity index (χ0v) is 21.7. The third-order valence-electron chi connectivity index (χ3n) is 6.91. The Morgan fingerprint density at radius 1 is 1.00 bits per heavy atom. The second-order valence-corrected chi connectivity index (χ2v) is 11.4. The minimum atomic E-state index is -4.82. The van der Waals surface area contributed by atoms with E-state index < -0.39 is 33.5 Å². The first-order chi connectivity index (χ1) is 18.4. The number of fused-ring (bicyclic) bond motifs is 2. The fourth-order valence-corrected chi connectivity index (χ4v) is 6.59. The Morgan fingerprint density at radius 2 is 1.74 bits per heavy atom. The van der Waals surface area contributed by atoms with E-state index in [4.69, 9.17) is 0 Å². The number of carbonyl (C=O) groups excluding carboxylic acids is 1. The van der Waals surface area contributed by atoms with E-state index in [1.807, 2.05) is 24.3 Å². The molecule has 39 heavy (non-hydrogen) atoms. The number of amides is 1. The summed E-state index contributed by atoms with van der Waals surface area (Å²) in [6, 6.07) is 18.5. The Hall–Kier alpha value is -3.76. The first-order valence-corrected chi connectivity index (χ1v) is 13.6. The minimum absolute atomic E-state index is 0.104. The highest BCUT2D eigenvalue weighted by molar-refractivity contribution is 7.89. The van der Waals surface area contributed by atoms with Crippen LogP contribution in [0.15, 0.2) is 77.7 Å². The van der Waals surface area contributed by atoms with Gasteiger partial charge in [-0.25, -0.2) is 12.8 Å². The number of halogens is 4. The van der Waals surface area contributed by atoms with Gasteiger partial charge in [0.1, 0.15) is 5.82 Å². The van der Waals surface area contributed by atoms with E-state index in [0.29, 0.717) is 29.6 Å². The monoisotopic (exact) mass is 556 g/mol. The van der Waals surface area contributed by atoms with Crippen LogP contribution in [0, 0.1) is 12.7 Å². The lowest BCUT2D eigenvalue weighted by molar-refractivity contribution is -0.140. The summed E-state index contributed by atoms with van der Waals surface area (Å²) in [7, 11) is -3.81. The average molecular weight is 557 g/mol. The van der Waals surface area contributed by atoms with Crippen molar-refractivity contribution in [3.05, 3.63) is 106 Å². The van der Waals surface area contributed by atoms with Crippen molar-refractivity contribution < 1.29 is 30.8 Å². The van der Waals surface area contributed by atoms with Crippen molar-refractivity contribution in [3.8, 4) is 0 Å². The van der Waals surface area contributed by atoms with Crippen molar-refractivity contribution in [2.75, 3.05) is 11.9 Å². The summed E-state index contributed by atoms with van der Waals surface area (Å²) >= 11 is 0. The fourth-order valence-electron chi connectivity index (χ4n) is 4.95. The molecule has 1 N–H and O–H groups in total. The van der Waals surface area contributed by atoms with E-state index in [1.54, 1.807) is 37.3 Å². The SMILES string of the molecule is Cc1ccc2c(c1NC(=O)Cc1ccc(C(F)(F)F)c(F)c1)CCN(S(=O)(=O)c1cccc3ccccc13)C2. The Labute approximate surface area is 223 Å². The molecule has 0 atom stereocenters. The van der Waals surface area contributed by atoms with Gasteiger partial charge in [-0.2, -0.15) is 17.5 Å². The molecule has 0 unspecified atom stereocenters. The molecule has 0 aliphatic carbocycles. The maximum absolute atomic E-state index is 13.9. The van der Waals surface area contributed by atoms with E-state index in [-0.39, 0.29) is 30.0 Å². The van der Waals surface area contributed by atoms with E-state index in [1.165, 1.54) is 4.31 Å². The van der Waals surface area contributed by atoms with Gasteiger partial charge in [0.15, 0.2) is 0 Å². The number of nitrogens with zero attached hydrogens (tertiary/aromatic N) is 1. The van der Waals surface area contributed by atoms with Crippen LogP contribution in [0.25, 0.3) is 10.8 Å². The molecule has 1 aliphatic heterocycles. The topological polar surface area (TPSA) is 66.5 Å². The van der Waals surface area contributed by atoms with Gasteiger partial charge in [0, 0.05) is 24.2 Å². The quantitative estimate of drug-likeness (QED) is 0.296. The summed E-state index contributed by atoms with van der Waals surface area (Å²) in [6.45, 7) is 2.12. The number of alkyl halides is 3. The molecule has 0 saturated carbocycles. The standard InChI is InChI=1S/C29H24F4N2O3S/c1-18-9-11-21-17-35(39(37,38)26-8-4-6-20-5-2-3-7-22(20)26)14-13-23(21)28(18)34-27(36)16-19-10-12-24(25(30)15-19)29(31,32)33/h2-12,15H,13-14,16-17H2,1H3,(H,34,36). The minimum Gasteiger partial charge on any atom is -0.325 e. The summed E-state index contributed by atoms with van der Waals surface area (Å²) in [5.74, 6) is -1.95. The summed E-state index contributed by atoms with van der Waals surface area (Å²) in [5.41, 5.74) is 1.55. The predicted octanol–water partition coefficient (Wildman–Crippen LogP) is 6.23. The Kier molecular flexibility index (Phi) is 6.94. The van der Waals surface area contributed by atoms with Gasteiger partial charge < -0.3 is 5.32 Å². The van der Waals surface area contributed by atoms with E-state index in [0.717, 1.165) is 28.1 Å². The molecule has 1 aliphatic rings. The zero-order valence-electron chi connectivity index (χ0n) is 20.8. The molecule has 4 aromatic rings. The number of hydrogen-bond donors (Lipinski definition) is 1. The van der Waals surface area contributed by atoms with Crippen LogP contribution in [0.2, 0.25) is 0 Å². The molecule has 0 radical (unpaired) electrons. The van der Waals surface area contributed by atoms with Crippen molar-refractivity contribution >= 4 is 32.4 Å². The molecule has 5 rings (SSSR count). The number of anilines is 1. The summed E-state index contributed by atoms with van der Waals surface area (Å²) in [5, 5.41) is 4.27. The maximum Gasteiger partial charge on any atom is 0.419 e. The van der Waals surface area contributed by atoms with Crippen LogP contribution in [-0.4, -0.2) is 25.2 Å². The molecule has 1 amide bonds. The molecular weight excluding hydrogens is 532 g/mol. The normalized spacial score (nSPS) is 14.3. The third-order valence-corrected chi connectivity index (χ3v) is 8.81. The van der Waals surface area contributed by atoms with Crippen LogP contribution >= 0.6 is 0 Å². The number of sulfonamides is 1. The molecule has 5 nitrogen and oxygen atoms in total. The van der Waals surface area contributed by atoms with Gasteiger partial charge in [-0.3, -0.25) is 4.79 Å². The first kappa shape index (κ1) is 26.8. The smallest absolute Gasteiger partial charge is 0.325 e. The van der Waals surface area contributed by atoms with Gasteiger partial charge in [-0.15, -0.1) is 0 Å². The highest BCUT2D eigenvalue weighted by Gasteiger charge is 2.34. The second-order valence-electron chi connectivity index (χ2n) is 9.50. The van der Waals surface area contributed by atoms with Crippen LogP contribution in [0.4, 0.5) is 23.2 Å². The fraction of sp³-hybridized carbons (Fsp3) is 0.207. The van der Waals surface area contributed by atoms with E-state index >= 15 is 0 Å². The predicted molar refractivity (Wildman–Crippen MR) is 140 cm³/mol. The van der Waals surface area contributed by atoms with Gasteiger partial charge in [0.05, 0.1) is 16.9 Å². The summed E-state index contributed by atoms with van der Waals surface area (Å²) in [4.78, 5) is 13.0. The second kappa shape index (κ2) is 10.1. The lowest BCUT2D eigenvalue weighted by atomic mass is 9.95. The maximum atomic E-state index is 13.9. The van der Waals surface area contributed by atoms with Crippen molar-refractivity contribution in [2.24, 2.45) is 0 Å². The molecule has 202 valence electrons. The zero-order chi connectivity index (χ0) is 27.9. The molecule has 0 fully saturated rings. The van der Waals surface area contributed by atoms with Crippen molar-refractivity contribution in [1.29, 1.82) is 0 Å². The van der Waals surface area contributed by atoms with Crippen LogP contribution in [0.3, 0.4) is 0 Å². The van der Waals surface area contributed by atoms with E-state index in [9.17, 15) is 30.8 Å². The molecule has 10 heteroatoms. The van der Waals surface area contributed by atoms with Crippen LogP contribution < -0.4 is 5.32 Å². The molecule has 0 bridgehead atoms. The molecular formula is C29H24F4N2O3S. The van der Waals surface area contributed by atoms with Gasteiger partial charge >= 0.3 is 6.18 Å². The van der Waals surface area contributed by atoms with Gasteiger partial charge in [-0.1, -0.05) is 54.6 Å². The lowest BCUT2D eigenvalue weighted by Gasteiger charge is -2.30. The first-order valence-electron chi connectivity index (χ1n) is 12.2. The van der Waals surface area contributed by atoms with Crippen LogP contribution in [0.5, 0.6) is 0 Å². The van der Waals surface area contributed by atoms with Gasteiger partial charge in [-0.05, 0) is 59.2 Å². The lowest BCUT2D eigenvalue weighted by Crippen LogP contribution is -2.36.